The van der Waals surface area contributed by atoms with Gasteiger partial charge in [0.25, 0.3) is 5.91 Å². The van der Waals surface area contributed by atoms with Crippen LogP contribution in [0.15, 0.2) is 36.5 Å². The Morgan fingerprint density at radius 3 is 2.57 bits per heavy atom. The van der Waals surface area contributed by atoms with Gasteiger partial charge in [0, 0.05) is 12.6 Å². The highest BCUT2D eigenvalue weighted by molar-refractivity contribution is 5.95. The Labute approximate surface area is 173 Å². The molecule has 0 radical (unpaired) electrons. The van der Waals surface area contributed by atoms with Crippen LogP contribution in [0.25, 0.3) is 5.69 Å². The first-order valence-corrected chi connectivity index (χ1v) is 10.0. The number of para-hydroxylation sites is 1. The quantitative estimate of drug-likeness (QED) is 0.726. The molecule has 0 bridgehead atoms. The summed E-state index contributed by atoms with van der Waals surface area (Å²) in [4.78, 5) is 15.4. The summed E-state index contributed by atoms with van der Waals surface area (Å²) < 4.78 is 7.62. The van der Waals surface area contributed by atoms with Crippen molar-refractivity contribution in [2.45, 2.75) is 45.6 Å². The van der Waals surface area contributed by atoms with E-state index in [9.17, 15) is 4.79 Å². The summed E-state index contributed by atoms with van der Waals surface area (Å²) in [5.74, 6) is 0.547. The largest absolute Gasteiger partial charge is 0.489 e. The first-order valence-electron chi connectivity index (χ1n) is 10.0. The van der Waals surface area contributed by atoms with Crippen LogP contribution >= 0.6 is 12.4 Å². The molecule has 2 aromatic rings. The molecule has 1 aromatic heterocycles. The Bertz CT molecular complexity index is 729. The van der Waals surface area contributed by atoms with Crippen LogP contribution in [-0.4, -0.2) is 52.9 Å². The van der Waals surface area contributed by atoms with Gasteiger partial charge in [0.2, 0.25) is 0 Å². The van der Waals surface area contributed by atoms with Gasteiger partial charge in [-0.15, -0.1) is 12.4 Å². The Kier molecular flexibility index (Phi) is 8.80. The molecule has 2 heterocycles. The number of rotatable bonds is 8. The molecular formula is C21H31ClN4O2. The topological polar surface area (TPSA) is 59.4 Å². The van der Waals surface area contributed by atoms with E-state index in [0.29, 0.717) is 18.1 Å². The minimum absolute atomic E-state index is 0. The van der Waals surface area contributed by atoms with Crippen molar-refractivity contribution in [1.29, 1.82) is 0 Å². The molecule has 7 heteroatoms. The van der Waals surface area contributed by atoms with Crippen molar-refractivity contribution in [3.63, 3.8) is 0 Å². The summed E-state index contributed by atoms with van der Waals surface area (Å²) >= 11 is 0. The van der Waals surface area contributed by atoms with Gasteiger partial charge in [-0.05, 0) is 50.9 Å². The van der Waals surface area contributed by atoms with Gasteiger partial charge in [0.15, 0.2) is 11.4 Å². The maximum absolute atomic E-state index is 13.4. The molecule has 28 heavy (non-hydrogen) atoms. The third-order valence-corrected chi connectivity index (χ3v) is 4.84. The SMILES string of the molecule is CCCOc1cn(-c2ccccc2)nc1C(=O)N(CCC)C1CCNCC1.Cl. The predicted molar refractivity (Wildman–Crippen MR) is 114 cm³/mol. The van der Waals surface area contributed by atoms with Gasteiger partial charge in [-0.2, -0.15) is 5.10 Å². The van der Waals surface area contributed by atoms with E-state index in [1.807, 2.05) is 41.4 Å². The molecule has 0 saturated carbocycles. The highest BCUT2D eigenvalue weighted by Crippen LogP contribution is 2.24. The number of ether oxygens (including phenoxy) is 1. The first-order chi connectivity index (χ1) is 13.2. The van der Waals surface area contributed by atoms with Gasteiger partial charge in [0.05, 0.1) is 18.5 Å². The molecule has 1 N–H and O–H groups in total. The van der Waals surface area contributed by atoms with Crippen molar-refractivity contribution < 1.29 is 9.53 Å². The summed E-state index contributed by atoms with van der Waals surface area (Å²) in [6, 6.07) is 10.1. The fourth-order valence-corrected chi connectivity index (χ4v) is 3.48. The van der Waals surface area contributed by atoms with Crippen molar-refractivity contribution >= 4 is 18.3 Å². The minimum Gasteiger partial charge on any atom is -0.489 e. The van der Waals surface area contributed by atoms with Gasteiger partial charge in [0.1, 0.15) is 0 Å². The zero-order valence-corrected chi connectivity index (χ0v) is 17.6. The zero-order valence-electron chi connectivity index (χ0n) is 16.8. The number of nitrogens with zero attached hydrogens (tertiary/aromatic N) is 3. The van der Waals surface area contributed by atoms with Crippen LogP contribution in [0, 0.1) is 0 Å². The molecule has 3 rings (SSSR count). The number of hydrogen-bond donors (Lipinski definition) is 1. The van der Waals surface area contributed by atoms with Crippen LogP contribution in [0.5, 0.6) is 5.75 Å². The van der Waals surface area contributed by atoms with E-state index in [1.165, 1.54) is 0 Å². The highest BCUT2D eigenvalue weighted by Gasteiger charge is 2.29. The normalized spacial score (nSPS) is 14.4. The fourth-order valence-electron chi connectivity index (χ4n) is 3.48. The molecule has 6 nitrogen and oxygen atoms in total. The van der Waals surface area contributed by atoms with E-state index in [0.717, 1.165) is 51.0 Å². The lowest BCUT2D eigenvalue weighted by molar-refractivity contribution is 0.0632. The molecule has 0 unspecified atom stereocenters. The molecule has 0 aliphatic carbocycles. The monoisotopic (exact) mass is 406 g/mol. The van der Waals surface area contributed by atoms with E-state index < -0.39 is 0 Å². The first kappa shape index (κ1) is 22.2. The van der Waals surface area contributed by atoms with E-state index in [1.54, 1.807) is 4.68 Å². The van der Waals surface area contributed by atoms with E-state index in [-0.39, 0.29) is 24.4 Å². The smallest absolute Gasteiger partial charge is 0.278 e. The molecule has 0 atom stereocenters. The predicted octanol–water partition coefficient (Wildman–Crippen LogP) is 3.69. The number of halogens is 1. The molecule has 0 spiro atoms. The van der Waals surface area contributed by atoms with Gasteiger partial charge < -0.3 is 15.0 Å². The van der Waals surface area contributed by atoms with E-state index in [4.69, 9.17) is 4.74 Å². The van der Waals surface area contributed by atoms with Crippen LogP contribution in [0.2, 0.25) is 0 Å². The second-order valence-electron chi connectivity index (χ2n) is 6.95. The Balaban J connectivity index is 0.00000280. The summed E-state index contributed by atoms with van der Waals surface area (Å²) in [6.07, 6.45) is 5.61. The van der Waals surface area contributed by atoms with Crippen molar-refractivity contribution in [2.75, 3.05) is 26.2 Å². The average molecular weight is 407 g/mol. The maximum Gasteiger partial charge on any atom is 0.278 e. The molecule has 1 aromatic carbocycles. The van der Waals surface area contributed by atoms with Crippen molar-refractivity contribution in [3.8, 4) is 11.4 Å². The van der Waals surface area contributed by atoms with E-state index >= 15 is 0 Å². The molecule has 1 amide bonds. The second kappa shape index (κ2) is 11.1. The van der Waals surface area contributed by atoms with Crippen molar-refractivity contribution in [2.24, 2.45) is 0 Å². The zero-order chi connectivity index (χ0) is 19.1. The summed E-state index contributed by atoms with van der Waals surface area (Å²) in [5.41, 5.74) is 1.33. The number of aromatic nitrogens is 2. The molecule has 1 fully saturated rings. The number of nitrogens with one attached hydrogen (secondary N) is 1. The van der Waals surface area contributed by atoms with Crippen molar-refractivity contribution in [1.82, 2.24) is 20.0 Å². The van der Waals surface area contributed by atoms with Crippen LogP contribution in [0.3, 0.4) is 0 Å². The van der Waals surface area contributed by atoms with Crippen molar-refractivity contribution in [3.05, 3.63) is 42.2 Å². The van der Waals surface area contributed by atoms with Crippen LogP contribution in [0.4, 0.5) is 0 Å². The van der Waals surface area contributed by atoms with Gasteiger partial charge in [-0.3, -0.25) is 4.79 Å². The fraction of sp³-hybridized carbons (Fsp3) is 0.524. The Morgan fingerprint density at radius 2 is 1.93 bits per heavy atom. The van der Waals surface area contributed by atoms with E-state index in [2.05, 4.69) is 24.3 Å². The Morgan fingerprint density at radius 1 is 1.21 bits per heavy atom. The highest BCUT2D eigenvalue weighted by atomic mass is 35.5. The number of amides is 1. The lowest BCUT2D eigenvalue weighted by Gasteiger charge is -2.34. The number of benzene rings is 1. The number of hydrogen-bond acceptors (Lipinski definition) is 4. The van der Waals surface area contributed by atoms with Gasteiger partial charge in [-0.1, -0.05) is 32.0 Å². The standard InChI is InChI=1S/C21H30N4O2.ClH/c1-3-14-24(17-10-12-22-13-11-17)21(26)20-19(27-15-4-2)16-25(23-20)18-8-6-5-7-9-18;/h5-9,16-17,22H,3-4,10-15H2,1-2H3;1H. The second-order valence-corrected chi connectivity index (χ2v) is 6.95. The molecule has 1 saturated heterocycles. The third kappa shape index (κ3) is 5.26. The lowest BCUT2D eigenvalue weighted by atomic mass is 10.0. The molecular weight excluding hydrogens is 376 g/mol. The lowest BCUT2D eigenvalue weighted by Crippen LogP contribution is -2.46. The van der Waals surface area contributed by atoms with Crippen LogP contribution in [-0.2, 0) is 0 Å². The van der Waals surface area contributed by atoms with Gasteiger partial charge in [-0.25, -0.2) is 4.68 Å². The molecule has 1 aliphatic rings. The number of carbonyl (C=O) groups is 1. The minimum atomic E-state index is -0.0236. The summed E-state index contributed by atoms with van der Waals surface area (Å²) in [6.45, 7) is 7.39. The van der Waals surface area contributed by atoms with Crippen LogP contribution < -0.4 is 10.1 Å². The maximum atomic E-state index is 13.4. The number of carbonyl (C=O) groups excluding carboxylic acids is 1. The number of piperidine rings is 1. The summed E-state index contributed by atoms with van der Waals surface area (Å²) in [7, 11) is 0. The van der Waals surface area contributed by atoms with Gasteiger partial charge >= 0.3 is 0 Å². The van der Waals surface area contributed by atoms with Crippen LogP contribution in [0.1, 0.15) is 50.0 Å². The Hall–Kier alpha value is -2.05. The third-order valence-electron chi connectivity index (χ3n) is 4.84. The molecule has 154 valence electrons. The average Bonchev–Trinajstić information content (AvgIpc) is 3.15. The molecule has 1 aliphatic heterocycles. The summed E-state index contributed by atoms with van der Waals surface area (Å²) in [5, 5.41) is 7.99.